The smallest absolute Gasteiger partial charge is 0.410 e. The maximum atomic E-state index is 13.9. The molecule has 4 aliphatic heterocycles. The molecule has 4 spiro atoms. The molecule has 4 saturated heterocycles. The summed E-state index contributed by atoms with van der Waals surface area (Å²) in [5.41, 5.74) is 12.6. The highest BCUT2D eigenvalue weighted by molar-refractivity contribution is 5.70. The van der Waals surface area contributed by atoms with Crippen molar-refractivity contribution in [1.29, 1.82) is 0 Å². The van der Waals surface area contributed by atoms with Gasteiger partial charge in [0, 0.05) is 115 Å². The van der Waals surface area contributed by atoms with Crippen LogP contribution >= 0.6 is 0 Å². The van der Waals surface area contributed by atoms with Gasteiger partial charge in [-0.3, -0.25) is 19.9 Å². The van der Waals surface area contributed by atoms with E-state index in [1.54, 1.807) is 0 Å². The van der Waals surface area contributed by atoms with E-state index in [0.29, 0.717) is 44.5 Å². The maximum Gasteiger partial charge on any atom is 0.410 e. The summed E-state index contributed by atoms with van der Waals surface area (Å²) in [6, 6.07) is 58.5. The van der Waals surface area contributed by atoms with Crippen LogP contribution in [-0.4, -0.2) is 167 Å². The van der Waals surface area contributed by atoms with Gasteiger partial charge < -0.3 is 62.9 Å². The minimum absolute atomic E-state index is 0.00702. The molecule has 4 aromatic heterocycles. The van der Waals surface area contributed by atoms with Gasteiger partial charge in [0.1, 0.15) is 31.2 Å². The van der Waals surface area contributed by atoms with Crippen molar-refractivity contribution in [1.82, 2.24) is 35.1 Å². The maximum absolute atomic E-state index is 13.9. The number of nitrogens with zero attached hydrogens (tertiary/aromatic N) is 6. The molecule has 4 saturated carbocycles. The summed E-state index contributed by atoms with van der Waals surface area (Å²) in [4.78, 5) is 50.9. The van der Waals surface area contributed by atoms with E-state index in [9.17, 15) is 27.9 Å². The van der Waals surface area contributed by atoms with E-state index in [0.717, 1.165) is 195 Å². The summed E-state index contributed by atoms with van der Waals surface area (Å²) >= 11 is 0. The van der Waals surface area contributed by atoms with Crippen LogP contribution in [0.2, 0.25) is 0 Å². The normalized spacial score (nSPS) is 27.5. The van der Waals surface area contributed by atoms with Crippen LogP contribution in [0.5, 0.6) is 0 Å². The van der Waals surface area contributed by atoms with Crippen molar-refractivity contribution in [2.45, 2.75) is 389 Å². The third-order valence-corrected chi connectivity index (χ3v) is 34.4. The molecule has 8 aromatic rings. The highest BCUT2D eigenvalue weighted by Crippen LogP contribution is 2.57. The number of aliphatic hydroxyl groups is 1. The van der Waals surface area contributed by atoms with Crippen molar-refractivity contribution in [3.05, 3.63) is 262 Å². The minimum Gasteiger partial charge on any atom is -0.444 e. The molecule has 143 heavy (non-hydrogen) atoms. The van der Waals surface area contributed by atoms with Crippen molar-refractivity contribution in [3.63, 3.8) is 0 Å². The Bertz CT molecular complexity index is 5160. The number of fused-ring (bicyclic) bond motifs is 4. The fraction of sp³-hybridized carbons (Fsp3) is 0.620. The Morgan fingerprint density at radius 2 is 0.685 bits per heavy atom. The van der Waals surface area contributed by atoms with Gasteiger partial charge >= 0.3 is 12.2 Å². The largest absolute Gasteiger partial charge is 0.444 e. The summed E-state index contributed by atoms with van der Waals surface area (Å²) in [6.45, 7) is 15.8. The third kappa shape index (κ3) is 25.7. The van der Waals surface area contributed by atoms with Crippen LogP contribution in [0.25, 0.3) is 0 Å². The lowest BCUT2D eigenvalue weighted by atomic mass is 9.66. The number of ether oxygens (including phenoxy) is 9. The molecule has 12 atom stereocenters. The topological polar surface area (TPSA) is 208 Å². The molecular weight excluding hydrogens is 1800 g/mol. The van der Waals surface area contributed by atoms with Crippen molar-refractivity contribution < 1.29 is 70.5 Å². The van der Waals surface area contributed by atoms with Crippen LogP contribution in [0, 0.1) is 0 Å². The number of aromatic nitrogens is 4. The molecule has 2 amide bonds. The Balaban J connectivity index is 0.000000131. The average Bonchev–Trinajstić information content (AvgIpc) is 1.75. The van der Waals surface area contributed by atoms with Crippen molar-refractivity contribution in [2.24, 2.45) is 0 Å². The Hall–Kier alpha value is -8.55. The molecule has 2 N–H and O–H groups in total. The number of carbonyl (C=O) groups is 2. The monoisotopic (exact) mass is 1960 g/mol. The third-order valence-electron chi connectivity index (χ3n) is 34.4. The number of carbonyl (C=O) groups excluding carboxylic acids is 2. The first-order chi connectivity index (χ1) is 69.4. The molecule has 0 radical (unpaired) electrons. The molecule has 0 unspecified atom stereocenters. The summed E-state index contributed by atoms with van der Waals surface area (Å²) in [7, 11) is 0. The zero-order valence-electron chi connectivity index (χ0n) is 86.4. The molecular formula is C121H162F3N7O12. The van der Waals surface area contributed by atoms with Gasteiger partial charge in [0.2, 0.25) is 0 Å². The van der Waals surface area contributed by atoms with E-state index in [4.69, 9.17) is 62.6 Å². The van der Waals surface area contributed by atoms with Gasteiger partial charge in [0.05, 0.1) is 78.7 Å². The van der Waals surface area contributed by atoms with Crippen LogP contribution in [-0.2, 0) is 64.3 Å². The van der Waals surface area contributed by atoms with Crippen LogP contribution in [0.3, 0.4) is 0 Å². The van der Waals surface area contributed by atoms with Crippen molar-refractivity contribution >= 4 is 12.2 Å². The molecule has 4 aromatic carbocycles. The average molecular weight is 1960 g/mol. The molecule has 0 bridgehead atoms. The number of benzene rings is 4. The molecule has 19 nitrogen and oxygen atoms in total. The molecule has 774 valence electrons. The predicted octanol–water partition coefficient (Wildman–Crippen LogP) is 27.5. The van der Waals surface area contributed by atoms with E-state index < -0.39 is 37.3 Å². The summed E-state index contributed by atoms with van der Waals surface area (Å²) in [6.07, 6.45) is 46.7. The minimum atomic E-state index is -0.610. The number of alkyl halides is 3. The first-order valence-electron chi connectivity index (χ1n) is 54.9. The zero-order valence-corrected chi connectivity index (χ0v) is 86.4. The van der Waals surface area contributed by atoms with E-state index in [2.05, 4.69) is 121 Å². The SMILES string of the molecule is CC(C)(C)OC(=O)N(CC[C@@]1(c2ccccn2)CCOC2(CCCC2)C1)[C@H]1CC[C@H](O)c2ccccc21.CC(C)(C)OC(=O)N(CC[C@@]1(c2ccccn2)CCOC2(CCCC2)C1)[C@H]1CC[C@H](OCCF)c2ccccc21.FCCO[C@H]1CC[C@H](CCC[C@@]2(c3ccccn3)CCOC3(CCCC3)C2)c2ccccc21.FCCO[C@H]1CC[C@H](NCC[C@@]2(c3ccccn3)CCOC3(CCCC3)C2)c2ccccc21. The number of halogens is 3. The number of aliphatic hydroxyl groups excluding tert-OH is 1. The molecule has 8 fully saturated rings. The molecule has 12 aliphatic rings. The number of pyridine rings is 4. The Labute approximate surface area is 849 Å². The van der Waals surface area contributed by atoms with Gasteiger partial charge in [-0.1, -0.05) is 179 Å². The van der Waals surface area contributed by atoms with Gasteiger partial charge in [-0.05, 0) is 333 Å². The quantitative estimate of drug-likeness (QED) is 0.0447. The molecule has 8 heterocycles. The Kier molecular flexibility index (Phi) is 35.6. The van der Waals surface area contributed by atoms with Gasteiger partial charge in [-0.2, -0.15) is 0 Å². The number of amides is 2. The van der Waals surface area contributed by atoms with Gasteiger partial charge in [0.15, 0.2) is 0 Å². The van der Waals surface area contributed by atoms with E-state index in [1.165, 1.54) is 130 Å². The zero-order chi connectivity index (χ0) is 99.4. The van der Waals surface area contributed by atoms with Crippen LogP contribution in [0.15, 0.2) is 195 Å². The molecule has 8 aliphatic carbocycles. The standard InChI is InChI=1S/C33H45FN2O4.C31H42N2O4.C29H38FNO2.C28H37FN2O2/c1-31(2,3)40-30(37)36(27-13-14-28(38-23-19-34)26-11-5-4-10-25(26)27)21-17-32(29-12-6-9-20-35-29)18-22-39-33(24-32)15-7-8-16-33;1-29(2,3)37-28(35)33(25-13-14-26(34)24-11-5-4-10-23(24)25)20-17-30(27-12-6-9-19-32-27)18-21-36-31(22-30)15-7-8-16-31;30-18-21-32-26-13-12-23(24-9-1-2-10-25(24)26)8-7-14-28(27-11-3-6-19-31-27)17-20-33-29(22-28)15-4-5-16-29;29-16-20-32-25-11-10-24(22-7-1-2-8-23(22)25)30-18-14-27(26-9-3-6-17-31-26)15-19-33-28(21-27)12-4-5-13-28/h4-6,9-12,20,27-28H,7-8,13-19,21-24H2,1-3H3;4-6,9-12,19,25-26,34H,7-8,13-18,20-22H2,1-3H3;1-3,6,9-11,19,23,26H,4-5,7-8,12-18,20-22H2;1-3,6-9,17,24-25,30H,4-5,10-16,18-21H2/t27-,28-,32+;25-,26-,30+;23-,26-,28+;24-,25-,27+/m0000/s1. The lowest BCUT2D eigenvalue weighted by Gasteiger charge is -2.47. The fourth-order valence-corrected chi connectivity index (χ4v) is 27.7. The van der Waals surface area contributed by atoms with Crippen LogP contribution in [0.4, 0.5) is 22.8 Å². The first kappa shape index (κ1) is 106. The van der Waals surface area contributed by atoms with E-state index in [-0.39, 0.29) is 106 Å². The van der Waals surface area contributed by atoms with Gasteiger partial charge in [0.25, 0.3) is 0 Å². The van der Waals surface area contributed by atoms with Crippen LogP contribution in [0.1, 0.15) is 401 Å². The number of rotatable bonds is 29. The first-order valence-corrected chi connectivity index (χ1v) is 54.9. The van der Waals surface area contributed by atoms with Gasteiger partial charge in [-0.25, -0.2) is 22.8 Å². The lowest BCUT2D eigenvalue weighted by molar-refractivity contribution is -0.106. The predicted molar refractivity (Wildman–Crippen MR) is 553 cm³/mol. The van der Waals surface area contributed by atoms with Crippen LogP contribution < -0.4 is 5.32 Å². The molecule has 20 rings (SSSR count). The number of hydrogen-bond donors (Lipinski definition) is 2. The highest BCUT2D eigenvalue weighted by atomic mass is 19.1. The summed E-state index contributed by atoms with van der Waals surface area (Å²) in [5.74, 6) is 0.562. The lowest BCUT2D eigenvalue weighted by Crippen LogP contribution is -2.49. The Morgan fingerprint density at radius 3 is 1.06 bits per heavy atom. The second kappa shape index (κ2) is 48.2. The summed E-state index contributed by atoms with van der Waals surface area (Å²) < 4.78 is 93.5. The van der Waals surface area contributed by atoms with Crippen molar-refractivity contribution in [2.75, 3.05) is 85.9 Å². The second-order valence-corrected chi connectivity index (χ2v) is 45.9. The van der Waals surface area contributed by atoms with E-state index >= 15 is 0 Å². The van der Waals surface area contributed by atoms with Gasteiger partial charge in [-0.15, -0.1) is 0 Å². The summed E-state index contributed by atoms with van der Waals surface area (Å²) in [5, 5.41) is 14.5. The number of hydrogen-bond acceptors (Lipinski definition) is 17. The molecule has 22 heteroatoms. The van der Waals surface area contributed by atoms with E-state index in [1.807, 2.05) is 131 Å². The Morgan fingerprint density at radius 1 is 0.371 bits per heavy atom. The fourth-order valence-electron chi connectivity index (χ4n) is 27.7. The highest BCUT2D eigenvalue weighted by Gasteiger charge is 2.55. The number of nitrogens with one attached hydrogen (secondary N) is 1. The van der Waals surface area contributed by atoms with Crippen molar-refractivity contribution in [3.8, 4) is 0 Å². The second-order valence-electron chi connectivity index (χ2n) is 45.9.